The van der Waals surface area contributed by atoms with Crippen molar-refractivity contribution in [1.29, 1.82) is 0 Å². The summed E-state index contributed by atoms with van der Waals surface area (Å²) in [5, 5.41) is 3.30. The van der Waals surface area contributed by atoms with Crippen molar-refractivity contribution in [3.63, 3.8) is 0 Å². The summed E-state index contributed by atoms with van der Waals surface area (Å²) < 4.78 is 11.1. The smallest absolute Gasteiger partial charge is 0.254 e. The number of ether oxygens (including phenoxy) is 2. The monoisotopic (exact) mass is 598 g/mol. The molecule has 4 aromatic rings. The number of hydrogen-bond donors (Lipinski definition) is 3. The number of hydrogen-bond acceptors (Lipinski definition) is 11. The average molecular weight is 599 g/mol. The fraction of sp³-hybridized carbons (Fsp3) is 0.400. The summed E-state index contributed by atoms with van der Waals surface area (Å²) in [4.78, 5) is 53.0. The zero-order valence-electron chi connectivity index (χ0n) is 24.2. The third-order valence-corrected chi connectivity index (χ3v) is 8.18. The predicted octanol–water partition coefficient (Wildman–Crippen LogP) is 1.92. The van der Waals surface area contributed by atoms with Crippen molar-refractivity contribution in [2.45, 2.75) is 18.9 Å². The number of imidazole rings is 1. The van der Waals surface area contributed by atoms with Gasteiger partial charge in [0.25, 0.3) is 5.91 Å². The number of amides is 2. The number of carbonyl (C=O) groups is 2. The molecule has 44 heavy (non-hydrogen) atoms. The first-order chi connectivity index (χ1) is 21.5. The number of H-pyrrole nitrogens is 1. The van der Waals surface area contributed by atoms with E-state index < -0.39 is 11.9 Å². The van der Waals surface area contributed by atoms with Gasteiger partial charge in [0.05, 0.1) is 37.5 Å². The molecule has 14 nitrogen and oxygen atoms in total. The molecule has 0 radical (unpaired) electrons. The summed E-state index contributed by atoms with van der Waals surface area (Å²) in [6, 6.07) is 12.5. The molecule has 5 heterocycles. The molecule has 2 aromatic carbocycles. The van der Waals surface area contributed by atoms with Crippen molar-refractivity contribution < 1.29 is 19.1 Å². The molecule has 0 aliphatic carbocycles. The van der Waals surface area contributed by atoms with E-state index in [0.717, 1.165) is 43.9 Å². The third kappa shape index (κ3) is 5.73. The van der Waals surface area contributed by atoms with Gasteiger partial charge in [-0.05, 0) is 55.3 Å². The molecule has 2 amide bonds. The minimum atomic E-state index is -0.561. The lowest BCUT2D eigenvalue weighted by atomic mass is 10.1. The Morgan fingerprint density at radius 2 is 1.50 bits per heavy atom. The van der Waals surface area contributed by atoms with Crippen LogP contribution in [0.25, 0.3) is 22.4 Å². The summed E-state index contributed by atoms with van der Waals surface area (Å²) in [6.07, 6.45) is 1.35. The highest BCUT2D eigenvalue weighted by Gasteiger charge is 2.33. The lowest BCUT2D eigenvalue weighted by Gasteiger charge is -2.30. The molecular formula is C30H34N10O4. The summed E-state index contributed by atoms with van der Waals surface area (Å²) in [7, 11) is 0. The maximum atomic E-state index is 13.1. The Bertz CT molecular complexity index is 1630. The van der Waals surface area contributed by atoms with Crippen molar-refractivity contribution in [2.75, 3.05) is 74.3 Å². The molecule has 0 unspecified atom stereocenters. The van der Waals surface area contributed by atoms with Gasteiger partial charge >= 0.3 is 0 Å². The molecule has 4 N–H and O–H groups in total. The number of carbonyl (C=O) groups excluding carboxylic acids is 2. The number of benzene rings is 2. The second kappa shape index (κ2) is 12.1. The number of likely N-dealkylation sites (tertiary alicyclic amines) is 1. The SMILES string of the molecule is NC(=O)[C@@H]1CCCN1C(=O)c1ccc2nc(Nc3ccc(-c4nc(N5CCOCC5)nc(N5CCOCC5)n4)cc3)[nH]c2c1. The van der Waals surface area contributed by atoms with Crippen LogP contribution in [0, 0.1) is 0 Å². The van der Waals surface area contributed by atoms with Crippen LogP contribution in [0.4, 0.5) is 23.5 Å². The van der Waals surface area contributed by atoms with E-state index in [1.165, 1.54) is 0 Å². The molecule has 1 atom stereocenters. The minimum Gasteiger partial charge on any atom is -0.378 e. The summed E-state index contributed by atoms with van der Waals surface area (Å²) >= 11 is 0. The van der Waals surface area contributed by atoms with E-state index in [9.17, 15) is 9.59 Å². The van der Waals surface area contributed by atoms with Crippen LogP contribution in [-0.2, 0) is 14.3 Å². The number of primary amides is 1. The normalized spacial score (nSPS) is 19.0. The Hall–Kier alpha value is -4.82. The van der Waals surface area contributed by atoms with Crippen LogP contribution in [-0.4, -0.2) is 107 Å². The lowest BCUT2D eigenvalue weighted by molar-refractivity contribution is -0.121. The molecular weight excluding hydrogens is 564 g/mol. The number of aromatic nitrogens is 5. The Morgan fingerprint density at radius 1 is 0.841 bits per heavy atom. The maximum absolute atomic E-state index is 13.1. The van der Waals surface area contributed by atoms with E-state index in [4.69, 9.17) is 30.2 Å². The number of morpholine rings is 2. The molecule has 14 heteroatoms. The molecule has 0 spiro atoms. The molecule has 0 bridgehead atoms. The summed E-state index contributed by atoms with van der Waals surface area (Å²) in [6.45, 7) is 6.00. The van der Waals surface area contributed by atoms with Gasteiger partial charge < -0.3 is 40.2 Å². The highest BCUT2D eigenvalue weighted by molar-refractivity contribution is 6.00. The number of fused-ring (bicyclic) bond motifs is 1. The van der Waals surface area contributed by atoms with Crippen molar-refractivity contribution in [3.8, 4) is 11.4 Å². The molecule has 228 valence electrons. The van der Waals surface area contributed by atoms with E-state index in [1.807, 2.05) is 24.3 Å². The summed E-state index contributed by atoms with van der Waals surface area (Å²) in [5.41, 5.74) is 9.10. The van der Waals surface area contributed by atoms with Gasteiger partial charge in [0.2, 0.25) is 23.8 Å². The molecule has 3 fully saturated rings. The van der Waals surface area contributed by atoms with E-state index in [1.54, 1.807) is 23.1 Å². The summed E-state index contributed by atoms with van der Waals surface area (Å²) in [5.74, 6) is 1.76. The Labute approximate surface area is 253 Å². The number of nitrogens with one attached hydrogen (secondary N) is 2. The number of nitrogens with zero attached hydrogens (tertiary/aromatic N) is 7. The van der Waals surface area contributed by atoms with Crippen LogP contribution in [0.3, 0.4) is 0 Å². The van der Waals surface area contributed by atoms with Gasteiger partial charge in [-0.25, -0.2) is 4.98 Å². The van der Waals surface area contributed by atoms with Crippen LogP contribution >= 0.6 is 0 Å². The van der Waals surface area contributed by atoms with Gasteiger partial charge in [-0.2, -0.15) is 15.0 Å². The van der Waals surface area contributed by atoms with E-state index in [0.29, 0.717) is 79.7 Å². The van der Waals surface area contributed by atoms with Gasteiger partial charge in [-0.1, -0.05) is 0 Å². The van der Waals surface area contributed by atoms with Gasteiger partial charge in [0.15, 0.2) is 5.82 Å². The van der Waals surface area contributed by atoms with Crippen molar-refractivity contribution in [1.82, 2.24) is 29.8 Å². The predicted molar refractivity (Wildman–Crippen MR) is 164 cm³/mol. The number of rotatable bonds is 7. The minimum absolute atomic E-state index is 0.209. The van der Waals surface area contributed by atoms with Crippen molar-refractivity contribution >= 4 is 46.4 Å². The van der Waals surface area contributed by atoms with E-state index in [2.05, 4.69) is 25.1 Å². The van der Waals surface area contributed by atoms with E-state index >= 15 is 0 Å². The zero-order chi connectivity index (χ0) is 30.0. The van der Waals surface area contributed by atoms with Crippen LogP contribution in [0.15, 0.2) is 42.5 Å². The Balaban J connectivity index is 1.10. The van der Waals surface area contributed by atoms with Gasteiger partial charge in [0, 0.05) is 49.5 Å². The first kappa shape index (κ1) is 28.0. The van der Waals surface area contributed by atoms with Crippen LogP contribution in [0.2, 0.25) is 0 Å². The molecule has 0 saturated carbocycles. The molecule has 3 saturated heterocycles. The van der Waals surface area contributed by atoms with E-state index in [-0.39, 0.29) is 5.91 Å². The number of anilines is 4. The molecule has 7 rings (SSSR count). The van der Waals surface area contributed by atoms with Crippen LogP contribution in [0.1, 0.15) is 23.2 Å². The number of nitrogens with two attached hydrogens (primary N) is 1. The third-order valence-electron chi connectivity index (χ3n) is 8.18. The van der Waals surface area contributed by atoms with Gasteiger partial charge in [-0.15, -0.1) is 0 Å². The highest BCUT2D eigenvalue weighted by atomic mass is 16.5. The quantitative estimate of drug-likeness (QED) is 0.284. The molecule has 2 aromatic heterocycles. The molecule has 3 aliphatic heterocycles. The second-order valence-corrected chi connectivity index (χ2v) is 11.0. The molecule has 3 aliphatic rings. The van der Waals surface area contributed by atoms with Gasteiger partial charge in [0.1, 0.15) is 6.04 Å². The van der Waals surface area contributed by atoms with Crippen molar-refractivity contribution in [2.24, 2.45) is 5.73 Å². The largest absolute Gasteiger partial charge is 0.378 e. The second-order valence-electron chi connectivity index (χ2n) is 11.0. The lowest BCUT2D eigenvalue weighted by Crippen LogP contribution is -2.43. The van der Waals surface area contributed by atoms with Crippen molar-refractivity contribution in [3.05, 3.63) is 48.0 Å². The maximum Gasteiger partial charge on any atom is 0.254 e. The van der Waals surface area contributed by atoms with Crippen LogP contribution in [0.5, 0.6) is 0 Å². The first-order valence-electron chi connectivity index (χ1n) is 14.9. The first-order valence-corrected chi connectivity index (χ1v) is 14.9. The Morgan fingerprint density at radius 3 is 2.14 bits per heavy atom. The highest BCUT2D eigenvalue weighted by Crippen LogP contribution is 2.26. The Kier molecular flexibility index (Phi) is 7.66. The topological polar surface area (TPSA) is 168 Å². The van der Waals surface area contributed by atoms with Gasteiger partial charge in [-0.3, -0.25) is 9.59 Å². The standard InChI is InChI=1S/C30H34N10O4/c31-25(41)24-2-1-9-40(24)27(42)20-5-8-22-23(18-20)34-28(33-22)32-21-6-3-19(4-7-21)26-35-29(38-10-14-43-15-11-38)37-30(36-26)39-12-16-44-17-13-39/h3-8,18,24H,1-2,9-17H2,(H2,31,41)(H2,32,33,34)/t24-/m0/s1. The zero-order valence-corrected chi connectivity index (χ0v) is 24.2. The fourth-order valence-electron chi connectivity index (χ4n) is 5.81. The van der Waals surface area contributed by atoms with Crippen LogP contribution < -0.4 is 20.9 Å². The average Bonchev–Trinajstić information content (AvgIpc) is 3.72. The number of aromatic amines is 1. The fourth-order valence-corrected chi connectivity index (χ4v) is 5.81.